The Bertz CT molecular complexity index is 694. The average Bonchev–Trinajstić information content (AvgIpc) is 3.07. The Balaban J connectivity index is 1.70. The Hall–Kier alpha value is -1.44. The van der Waals surface area contributed by atoms with Crippen molar-refractivity contribution < 1.29 is 0 Å². The summed E-state index contributed by atoms with van der Waals surface area (Å²) >= 11 is 7.86. The van der Waals surface area contributed by atoms with Crippen LogP contribution in [0.15, 0.2) is 22.6 Å². The molecule has 0 radical (unpaired) electrons. The van der Waals surface area contributed by atoms with Gasteiger partial charge in [-0.1, -0.05) is 11.6 Å². The normalized spacial score (nSPS) is 17.7. The molecule has 1 saturated heterocycles. The Morgan fingerprint density at radius 1 is 1.32 bits per heavy atom. The van der Waals surface area contributed by atoms with E-state index in [0.29, 0.717) is 6.04 Å². The molecule has 0 bridgehead atoms. The van der Waals surface area contributed by atoms with E-state index in [1.165, 1.54) is 4.68 Å². The van der Waals surface area contributed by atoms with E-state index in [1.807, 2.05) is 11.6 Å². The number of piperazine rings is 1. The van der Waals surface area contributed by atoms with Crippen molar-refractivity contribution in [2.75, 3.05) is 31.1 Å². The smallest absolute Gasteiger partial charge is 0.287 e. The van der Waals surface area contributed by atoms with Gasteiger partial charge in [0.1, 0.15) is 10.0 Å². The van der Waals surface area contributed by atoms with Crippen molar-refractivity contribution >= 4 is 28.6 Å². The second-order valence-electron chi connectivity index (χ2n) is 5.34. The summed E-state index contributed by atoms with van der Waals surface area (Å²) in [6.45, 7) is 5.65. The first-order valence-corrected chi connectivity index (χ1v) is 8.44. The molecule has 1 unspecified atom stereocenters. The quantitative estimate of drug-likeness (QED) is 0.853. The molecule has 1 aliphatic heterocycles. The number of aryl methyl sites for hydroxylation is 1. The van der Waals surface area contributed by atoms with E-state index in [4.69, 9.17) is 11.6 Å². The molecule has 2 aromatic heterocycles. The maximum atomic E-state index is 11.9. The van der Waals surface area contributed by atoms with Crippen LogP contribution in [-0.4, -0.2) is 45.8 Å². The molecule has 8 heteroatoms. The van der Waals surface area contributed by atoms with Gasteiger partial charge in [0.15, 0.2) is 0 Å². The maximum Gasteiger partial charge on any atom is 0.287 e. The molecule has 0 aliphatic carbocycles. The first kappa shape index (κ1) is 15.5. The molecule has 1 aliphatic rings. The number of halogens is 1. The maximum absolute atomic E-state index is 11.9. The fraction of sp³-hybridized carbons (Fsp3) is 0.500. The number of anilines is 1. The molecule has 0 amide bonds. The molecular weight excluding hydrogens is 322 g/mol. The van der Waals surface area contributed by atoms with Crippen LogP contribution in [0.25, 0.3) is 0 Å². The molecular formula is C14H18ClN5OS. The highest BCUT2D eigenvalue weighted by atomic mass is 35.5. The Morgan fingerprint density at radius 2 is 2.05 bits per heavy atom. The topological polar surface area (TPSA) is 54.3 Å². The molecule has 0 N–H and O–H groups in total. The minimum Gasteiger partial charge on any atom is -0.366 e. The number of rotatable bonds is 3. The van der Waals surface area contributed by atoms with Crippen LogP contribution in [0.5, 0.6) is 0 Å². The summed E-state index contributed by atoms with van der Waals surface area (Å²) < 4.78 is 1.26. The molecule has 3 heterocycles. The number of hydrogen-bond donors (Lipinski definition) is 0. The van der Waals surface area contributed by atoms with Crippen LogP contribution in [0, 0.1) is 0 Å². The zero-order valence-corrected chi connectivity index (χ0v) is 14.1. The average molecular weight is 340 g/mol. The van der Waals surface area contributed by atoms with Crippen molar-refractivity contribution in [2.45, 2.75) is 13.0 Å². The van der Waals surface area contributed by atoms with E-state index in [1.54, 1.807) is 24.6 Å². The lowest BCUT2D eigenvalue weighted by atomic mass is 10.2. The van der Waals surface area contributed by atoms with Crippen LogP contribution < -0.4 is 10.5 Å². The van der Waals surface area contributed by atoms with Crippen LogP contribution in [-0.2, 0) is 7.05 Å². The van der Waals surface area contributed by atoms with E-state index < -0.39 is 0 Å². The van der Waals surface area contributed by atoms with Crippen LogP contribution >= 0.6 is 22.9 Å². The Morgan fingerprint density at radius 3 is 2.68 bits per heavy atom. The molecule has 3 rings (SSSR count). The van der Waals surface area contributed by atoms with Crippen LogP contribution in [0.4, 0.5) is 5.69 Å². The van der Waals surface area contributed by atoms with Gasteiger partial charge in [-0.2, -0.15) is 5.10 Å². The summed E-state index contributed by atoms with van der Waals surface area (Å²) in [5.41, 5.74) is 0.476. The van der Waals surface area contributed by atoms with Gasteiger partial charge in [-0.15, -0.1) is 11.3 Å². The predicted molar refractivity (Wildman–Crippen MR) is 88.8 cm³/mol. The third-order valence-electron chi connectivity index (χ3n) is 4.07. The lowest BCUT2D eigenvalue weighted by molar-refractivity contribution is 0.198. The monoisotopic (exact) mass is 339 g/mol. The van der Waals surface area contributed by atoms with Crippen molar-refractivity contribution in [3.8, 4) is 0 Å². The molecule has 118 valence electrons. The SMILES string of the molecule is CC(c1nccs1)N1CCN(c2cnn(C)c(=O)c2Cl)CC1. The highest BCUT2D eigenvalue weighted by Crippen LogP contribution is 2.26. The molecule has 6 nitrogen and oxygen atoms in total. The van der Waals surface area contributed by atoms with E-state index in [9.17, 15) is 4.79 Å². The van der Waals surface area contributed by atoms with Crippen molar-refractivity contribution in [2.24, 2.45) is 7.05 Å². The summed E-state index contributed by atoms with van der Waals surface area (Å²) in [6, 6.07) is 0.319. The summed E-state index contributed by atoms with van der Waals surface area (Å²) in [4.78, 5) is 20.8. The lowest BCUT2D eigenvalue weighted by Crippen LogP contribution is -2.47. The zero-order valence-electron chi connectivity index (χ0n) is 12.6. The number of thiazole rings is 1. The van der Waals surface area contributed by atoms with Gasteiger partial charge in [0.05, 0.1) is 17.9 Å². The number of nitrogens with zero attached hydrogens (tertiary/aromatic N) is 5. The zero-order chi connectivity index (χ0) is 15.7. The minimum atomic E-state index is -0.252. The second kappa shape index (κ2) is 6.36. The highest BCUT2D eigenvalue weighted by molar-refractivity contribution is 7.09. The minimum absolute atomic E-state index is 0.249. The fourth-order valence-electron chi connectivity index (χ4n) is 2.67. The Labute approximate surface area is 137 Å². The van der Waals surface area contributed by atoms with E-state index in [-0.39, 0.29) is 10.6 Å². The van der Waals surface area contributed by atoms with Crippen LogP contribution in [0.1, 0.15) is 18.0 Å². The second-order valence-corrected chi connectivity index (χ2v) is 6.65. The largest absolute Gasteiger partial charge is 0.366 e. The fourth-order valence-corrected chi connectivity index (χ4v) is 3.69. The van der Waals surface area contributed by atoms with Gasteiger partial charge in [0, 0.05) is 44.8 Å². The van der Waals surface area contributed by atoms with Crippen molar-refractivity contribution in [1.29, 1.82) is 0 Å². The summed E-state index contributed by atoms with van der Waals surface area (Å²) in [6.07, 6.45) is 3.52. The third kappa shape index (κ3) is 2.88. The lowest BCUT2D eigenvalue weighted by Gasteiger charge is -2.38. The predicted octanol–water partition coefficient (Wildman–Crippen LogP) is 1.77. The standard InChI is InChI=1S/C14H18ClN5OS/c1-10(13-16-3-8-22-13)19-4-6-20(7-5-19)11-9-17-18(2)14(21)12(11)15/h3,8-10H,4-7H2,1-2H3. The molecule has 2 aromatic rings. The van der Waals surface area contributed by atoms with Gasteiger partial charge < -0.3 is 4.90 Å². The van der Waals surface area contributed by atoms with E-state index >= 15 is 0 Å². The van der Waals surface area contributed by atoms with Gasteiger partial charge in [0.25, 0.3) is 5.56 Å². The Kier molecular flexibility index (Phi) is 4.46. The number of hydrogen-bond acceptors (Lipinski definition) is 6. The molecule has 22 heavy (non-hydrogen) atoms. The molecule has 1 fully saturated rings. The first-order chi connectivity index (χ1) is 10.6. The summed E-state index contributed by atoms with van der Waals surface area (Å²) in [5.74, 6) is 0. The number of aromatic nitrogens is 3. The third-order valence-corrected chi connectivity index (χ3v) is 5.37. The van der Waals surface area contributed by atoms with Gasteiger partial charge in [-0.05, 0) is 6.92 Å². The van der Waals surface area contributed by atoms with Crippen molar-refractivity contribution in [3.63, 3.8) is 0 Å². The molecule has 0 aromatic carbocycles. The molecule has 1 atom stereocenters. The van der Waals surface area contributed by atoms with Gasteiger partial charge in [-0.3, -0.25) is 9.69 Å². The van der Waals surface area contributed by atoms with E-state index in [0.717, 1.165) is 36.9 Å². The summed E-state index contributed by atoms with van der Waals surface area (Å²) in [5, 5.41) is 7.46. The van der Waals surface area contributed by atoms with Crippen LogP contribution in [0.3, 0.4) is 0 Å². The van der Waals surface area contributed by atoms with Crippen molar-refractivity contribution in [3.05, 3.63) is 38.2 Å². The first-order valence-electron chi connectivity index (χ1n) is 7.18. The van der Waals surface area contributed by atoms with E-state index in [2.05, 4.69) is 26.8 Å². The highest BCUT2D eigenvalue weighted by Gasteiger charge is 2.25. The molecule has 0 spiro atoms. The van der Waals surface area contributed by atoms with Crippen LogP contribution in [0.2, 0.25) is 5.02 Å². The van der Waals surface area contributed by atoms with Gasteiger partial charge in [-0.25, -0.2) is 9.67 Å². The molecule has 0 saturated carbocycles. The van der Waals surface area contributed by atoms with Gasteiger partial charge >= 0.3 is 0 Å². The van der Waals surface area contributed by atoms with Gasteiger partial charge in [0.2, 0.25) is 0 Å². The van der Waals surface area contributed by atoms with Crippen molar-refractivity contribution in [1.82, 2.24) is 19.7 Å². The summed E-state index contributed by atoms with van der Waals surface area (Å²) in [7, 11) is 1.60.